The van der Waals surface area contributed by atoms with Gasteiger partial charge < -0.3 is 10.1 Å². The van der Waals surface area contributed by atoms with Gasteiger partial charge in [-0.2, -0.15) is 0 Å². The number of hydrogen-bond donors (Lipinski definition) is 1. The van der Waals surface area contributed by atoms with Crippen molar-refractivity contribution in [3.63, 3.8) is 0 Å². The Morgan fingerprint density at radius 2 is 1.91 bits per heavy atom. The van der Waals surface area contributed by atoms with Gasteiger partial charge in [-0.25, -0.2) is 0 Å². The zero-order valence-electron chi connectivity index (χ0n) is 13.8. The molecule has 1 atom stereocenters. The van der Waals surface area contributed by atoms with Crippen molar-refractivity contribution in [2.24, 2.45) is 0 Å². The number of aryl methyl sites for hydroxylation is 2. The summed E-state index contributed by atoms with van der Waals surface area (Å²) in [6.45, 7) is 6.54. The van der Waals surface area contributed by atoms with Crippen LogP contribution in [-0.2, 0) is 4.79 Å². The predicted molar refractivity (Wildman–Crippen MR) is 98.4 cm³/mol. The molecule has 122 valence electrons. The average molecular weight is 329 g/mol. The molecular formula is C19H23NO2S. The predicted octanol–water partition coefficient (Wildman–Crippen LogP) is 4.44. The van der Waals surface area contributed by atoms with E-state index in [1.54, 1.807) is 11.8 Å². The molecule has 1 amide bonds. The number of thioether (sulfide) groups is 1. The van der Waals surface area contributed by atoms with Crippen molar-refractivity contribution in [2.75, 3.05) is 17.7 Å². The molecule has 0 spiro atoms. The quantitative estimate of drug-likeness (QED) is 0.763. The van der Waals surface area contributed by atoms with Crippen molar-refractivity contribution in [3.05, 3.63) is 59.7 Å². The smallest absolute Gasteiger partial charge is 0.237 e. The fourth-order valence-electron chi connectivity index (χ4n) is 2.08. The van der Waals surface area contributed by atoms with Gasteiger partial charge in [0.15, 0.2) is 0 Å². The van der Waals surface area contributed by atoms with Crippen LogP contribution in [0.1, 0.15) is 18.1 Å². The van der Waals surface area contributed by atoms with Gasteiger partial charge in [-0.05, 0) is 50.1 Å². The molecule has 0 aliphatic heterocycles. The van der Waals surface area contributed by atoms with Crippen LogP contribution in [0.25, 0.3) is 0 Å². The van der Waals surface area contributed by atoms with E-state index < -0.39 is 0 Å². The zero-order chi connectivity index (χ0) is 16.7. The Labute approximate surface area is 142 Å². The highest BCUT2D eigenvalue weighted by Crippen LogP contribution is 2.19. The molecule has 2 rings (SSSR count). The maximum Gasteiger partial charge on any atom is 0.237 e. The highest BCUT2D eigenvalue weighted by Gasteiger charge is 2.14. The van der Waals surface area contributed by atoms with Crippen LogP contribution in [0.5, 0.6) is 5.75 Å². The first-order valence-corrected chi connectivity index (χ1v) is 8.78. The molecule has 0 unspecified atom stereocenters. The third-order valence-corrected chi connectivity index (χ3v) is 4.60. The Hall–Kier alpha value is -1.94. The molecular weight excluding hydrogens is 306 g/mol. The van der Waals surface area contributed by atoms with E-state index in [2.05, 4.69) is 5.32 Å². The van der Waals surface area contributed by atoms with E-state index in [1.165, 1.54) is 0 Å². The molecule has 4 heteroatoms. The Kier molecular flexibility index (Phi) is 6.53. The van der Waals surface area contributed by atoms with Crippen LogP contribution in [0.3, 0.4) is 0 Å². The van der Waals surface area contributed by atoms with Crippen molar-refractivity contribution in [1.82, 2.24) is 0 Å². The maximum absolute atomic E-state index is 12.3. The number of anilines is 1. The lowest BCUT2D eigenvalue weighted by Crippen LogP contribution is -2.23. The van der Waals surface area contributed by atoms with Crippen molar-refractivity contribution in [2.45, 2.75) is 26.0 Å². The number of carbonyl (C=O) groups is 1. The topological polar surface area (TPSA) is 38.3 Å². The Morgan fingerprint density at radius 3 is 2.65 bits per heavy atom. The van der Waals surface area contributed by atoms with Gasteiger partial charge in [0.05, 0.1) is 11.9 Å². The minimum absolute atomic E-state index is 0.0309. The number of rotatable bonds is 7. The van der Waals surface area contributed by atoms with Gasteiger partial charge in [-0.15, -0.1) is 11.8 Å². The molecule has 0 heterocycles. The molecule has 0 saturated carbocycles. The van der Waals surface area contributed by atoms with Gasteiger partial charge in [-0.1, -0.05) is 30.3 Å². The molecule has 0 aliphatic carbocycles. The molecule has 0 saturated heterocycles. The summed E-state index contributed by atoms with van der Waals surface area (Å²) in [5.74, 6) is 1.67. The largest absolute Gasteiger partial charge is 0.493 e. The van der Waals surface area contributed by atoms with E-state index in [0.29, 0.717) is 6.61 Å². The van der Waals surface area contributed by atoms with E-state index >= 15 is 0 Å². The number of para-hydroxylation sites is 1. The van der Waals surface area contributed by atoms with Crippen LogP contribution >= 0.6 is 11.8 Å². The SMILES string of the molecule is Cc1ccc(C)c(NC(=O)[C@H](C)SCCOc2ccccc2)c1. The summed E-state index contributed by atoms with van der Waals surface area (Å²) in [4.78, 5) is 12.3. The zero-order valence-corrected chi connectivity index (χ0v) is 14.7. The minimum Gasteiger partial charge on any atom is -0.493 e. The maximum atomic E-state index is 12.3. The number of hydrogen-bond acceptors (Lipinski definition) is 3. The molecule has 1 N–H and O–H groups in total. The highest BCUT2D eigenvalue weighted by atomic mass is 32.2. The molecule has 23 heavy (non-hydrogen) atoms. The van der Waals surface area contributed by atoms with Crippen molar-refractivity contribution < 1.29 is 9.53 Å². The summed E-state index contributed by atoms with van der Waals surface area (Å²) in [6.07, 6.45) is 0. The second kappa shape index (κ2) is 8.63. The molecule has 0 aliphatic rings. The monoisotopic (exact) mass is 329 g/mol. The lowest BCUT2D eigenvalue weighted by Gasteiger charge is -2.14. The summed E-state index contributed by atoms with van der Waals surface area (Å²) < 4.78 is 5.64. The first-order chi connectivity index (χ1) is 11.1. The van der Waals surface area contributed by atoms with Crippen molar-refractivity contribution >= 4 is 23.4 Å². The van der Waals surface area contributed by atoms with E-state index in [9.17, 15) is 4.79 Å². The molecule has 0 bridgehead atoms. The standard InChI is InChI=1S/C19H23NO2S/c1-14-9-10-15(2)18(13-14)20-19(21)16(3)23-12-11-22-17-7-5-4-6-8-17/h4-10,13,16H,11-12H2,1-3H3,(H,20,21)/t16-/m0/s1. The average Bonchev–Trinajstić information content (AvgIpc) is 2.55. The van der Waals surface area contributed by atoms with Gasteiger partial charge in [0.1, 0.15) is 5.75 Å². The lowest BCUT2D eigenvalue weighted by molar-refractivity contribution is -0.115. The van der Waals surface area contributed by atoms with E-state index in [4.69, 9.17) is 4.74 Å². The van der Waals surface area contributed by atoms with Gasteiger partial charge >= 0.3 is 0 Å². The minimum atomic E-state index is -0.116. The van der Waals surface area contributed by atoms with Crippen LogP contribution in [0, 0.1) is 13.8 Å². The highest BCUT2D eigenvalue weighted by molar-refractivity contribution is 8.00. The normalized spacial score (nSPS) is 11.8. The number of carbonyl (C=O) groups excluding carboxylic acids is 1. The summed E-state index contributed by atoms with van der Waals surface area (Å²) in [7, 11) is 0. The summed E-state index contributed by atoms with van der Waals surface area (Å²) in [5, 5.41) is 2.89. The molecule has 0 fully saturated rings. The second-order valence-electron chi connectivity index (χ2n) is 5.48. The third kappa shape index (κ3) is 5.64. The van der Waals surface area contributed by atoms with Crippen LogP contribution < -0.4 is 10.1 Å². The van der Waals surface area contributed by atoms with Crippen LogP contribution in [0.2, 0.25) is 0 Å². The van der Waals surface area contributed by atoms with Crippen molar-refractivity contribution in [3.8, 4) is 5.75 Å². The first-order valence-electron chi connectivity index (χ1n) is 7.74. The van der Waals surface area contributed by atoms with Gasteiger partial charge in [-0.3, -0.25) is 4.79 Å². The lowest BCUT2D eigenvalue weighted by atomic mass is 10.1. The fourth-order valence-corrected chi connectivity index (χ4v) is 2.83. The Morgan fingerprint density at radius 1 is 1.17 bits per heavy atom. The molecule has 2 aromatic carbocycles. The van der Waals surface area contributed by atoms with Crippen LogP contribution in [-0.4, -0.2) is 23.5 Å². The van der Waals surface area contributed by atoms with E-state index in [1.807, 2.05) is 69.3 Å². The number of benzene rings is 2. The Bertz CT molecular complexity index is 643. The van der Waals surface area contributed by atoms with Gasteiger partial charge in [0.25, 0.3) is 0 Å². The summed E-state index contributed by atoms with van der Waals surface area (Å²) in [6, 6.07) is 15.8. The first kappa shape index (κ1) is 17.4. The van der Waals surface area contributed by atoms with Gasteiger partial charge in [0.2, 0.25) is 5.91 Å². The van der Waals surface area contributed by atoms with E-state index in [0.717, 1.165) is 28.3 Å². The fraction of sp³-hybridized carbons (Fsp3) is 0.316. The van der Waals surface area contributed by atoms with E-state index in [-0.39, 0.29) is 11.2 Å². The number of nitrogens with one attached hydrogen (secondary N) is 1. The number of amides is 1. The second-order valence-corrected chi connectivity index (χ2v) is 6.93. The number of ether oxygens (including phenoxy) is 1. The summed E-state index contributed by atoms with van der Waals surface area (Å²) in [5.41, 5.74) is 3.11. The molecule has 0 aromatic heterocycles. The van der Waals surface area contributed by atoms with Crippen molar-refractivity contribution in [1.29, 1.82) is 0 Å². The van der Waals surface area contributed by atoms with Gasteiger partial charge in [0, 0.05) is 11.4 Å². The third-order valence-electron chi connectivity index (χ3n) is 3.48. The Balaban J connectivity index is 1.75. The molecule has 3 nitrogen and oxygen atoms in total. The van der Waals surface area contributed by atoms with Crippen LogP contribution in [0.4, 0.5) is 5.69 Å². The molecule has 2 aromatic rings. The van der Waals surface area contributed by atoms with Crippen LogP contribution in [0.15, 0.2) is 48.5 Å². The summed E-state index contributed by atoms with van der Waals surface area (Å²) >= 11 is 1.60. The molecule has 0 radical (unpaired) electrons.